The van der Waals surface area contributed by atoms with Crippen molar-refractivity contribution in [2.24, 2.45) is 11.8 Å². The first-order chi connectivity index (χ1) is 15.5. The number of imide groups is 1. The van der Waals surface area contributed by atoms with Gasteiger partial charge in [-0.1, -0.05) is 60.7 Å². The van der Waals surface area contributed by atoms with Crippen LogP contribution in [0.2, 0.25) is 0 Å². The van der Waals surface area contributed by atoms with E-state index in [1.54, 1.807) is 6.07 Å². The molecule has 1 heterocycles. The molecular weight excluding hydrogens is 400 g/mol. The van der Waals surface area contributed by atoms with Crippen LogP contribution in [0.3, 0.4) is 0 Å². The van der Waals surface area contributed by atoms with Gasteiger partial charge in [0.05, 0.1) is 11.8 Å². The summed E-state index contributed by atoms with van der Waals surface area (Å²) in [7, 11) is 0. The molecule has 5 heteroatoms. The Bertz CT molecular complexity index is 1180. The van der Waals surface area contributed by atoms with Gasteiger partial charge in [-0.3, -0.25) is 19.3 Å². The van der Waals surface area contributed by atoms with Crippen LogP contribution in [-0.2, 0) is 14.4 Å². The second-order valence-electron chi connectivity index (χ2n) is 8.95. The van der Waals surface area contributed by atoms with Crippen LogP contribution in [0.15, 0.2) is 72.8 Å². The normalized spacial score (nSPS) is 24.7. The highest BCUT2D eigenvalue weighted by molar-refractivity contribution is 6.10. The van der Waals surface area contributed by atoms with Gasteiger partial charge in [-0.2, -0.15) is 0 Å². The van der Waals surface area contributed by atoms with Crippen molar-refractivity contribution < 1.29 is 14.4 Å². The van der Waals surface area contributed by atoms with Gasteiger partial charge >= 0.3 is 0 Å². The van der Waals surface area contributed by atoms with Gasteiger partial charge in [-0.05, 0) is 46.9 Å². The Morgan fingerprint density at radius 3 is 1.75 bits per heavy atom. The van der Waals surface area contributed by atoms with E-state index < -0.39 is 11.8 Å². The lowest BCUT2D eigenvalue weighted by atomic mass is 9.55. The van der Waals surface area contributed by atoms with Crippen LogP contribution < -0.4 is 5.32 Å². The summed E-state index contributed by atoms with van der Waals surface area (Å²) in [6.07, 6.45) is 0. The lowest BCUT2D eigenvalue weighted by molar-refractivity contribution is -0.142. The molecule has 1 aliphatic heterocycles. The molecule has 1 N–H and O–H groups in total. The Morgan fingerprint density at radius 2 is 1.28 bits per heavy atom. The number of likely N-dealkylation sites (tertiary alicyclic amines) is 1. The minimum atomic E-state index is -0.455. The average molecular weight is 422 g/mol. The van der Waals surface area contributed by atoms with Crippen LogP contribution in [0.4, 0.5) is 5.69 Å². The largest absolute Gasteiger partial charge is 0.325 e. The number of hydrogen-bond acceptors (Lipinski definition) is 3. The Kier molecular flexibility index (Phi) is 4.09. The average Bonchev–Trinajstić information content (AvgIpc) is 3.04. The van der Waals surface area contributed by atoms with Crippen LogP contribution in [0.25, 0.3) is 0 Å². The smallest absolute Gasteiger partial charge is 0.244 e. The number of hydrogen-bond donors (Lipinski definition) is 1. The Balaban J connectivity index is 1.35. The van der Waals surface area contributed by atoms with E-state index in [1.807, 2.05) is 49.4 Å². The molecule has 7 rings (SSSR count). The number of amides is 3. The number of nitrogens with one attached hydrogen (secondary N) is 1. The Morgan fingerprint density at radius 1 is 0.781 bits per heavy atom. The fourth-order valence-corrected chi connectivity index (χ4v) is 5.96. The highest BCUT2D eigenvalue weighted by Gasteiger charge is 2.61. The van der Waals surface area contributed by atoms with Crippen LogP contribution >= 0.6 is 0 Å². The van der Waals surface area contributed by atoms with Gasteiger partial charge in [-0.15, -0.1) is 0 Å². The summed E-state index contributed by atoms with van der Waals surface area (Å²) >= 11 is 0. The zero-order valence-corrected chi connectivity index (χ0v) is 17.6. The Labute approximate surface area is 186 Å². The van der Waals surface area contributed by atoms with E-state index in [4.69, 9.17) is 0 Å². The third-order valence-corrected chi connectivity index (χ3v) is 7.14. The van der Waals surface area contributed by atoms with Gasteiger partial charge in [-0.25, -0.2) is 0 Å². The topological polar surface area (TPSA) is 66.5 Å². The molecule has 2 bridgehead atoms. The molecule has 3 aliphatic carbocycles. The van der Waals surface area contributed by atoms with Gasteiger partial charge in [0.2, 0.25) is 17.7 Å². The first-order valence-electron chi connectivity index (χ1n) is 10.9. The predicted molar refractivity (Wildman–Crippen MR) is 120 cm³/mol. The van der Waals surface area contributed by atoms with E-state index in [2.05, 4.69) is 29.6 Å². The maximum atomic E-state index is 13.5. The van der Waals surface area contributed by atoms with Crippen LogP contribution in [0.5, 0.6) is 0 Å². The summed E-state index contributed by atoms with van der Waals surface area (Å²) in [5, 5.41) is 2.82. The van der Waals surface area contributed by atoms with Gasteiger partial charge in [0, 0.05) is 17.5 Å². The molecule has 5 nitrogen and oxygen atoms in total. The summed E-state index contributed by atoms with van der Waals surface area (Å²) in [5.41, 5.74) is 6.20. The summed E-state index contributed by atoms with van der Waals surface area (Å²) in [5.74, 6) is -2.05. The van der Waals surface area contributed by atoms with Crippen molar-refractivity contribution in [3.05, 3.63) is 101 Å². The van der Waals surface area contributed by atoms with Gasteiger partial charge in [0.1, 0.15) is 6.54 Å². The van der Waals surface area contributed by atoms with E-state index in [0.29, 0.717) is 5.69 Å². The first kappa shape index (κ1) is 19.0. The number of carbonyl (C=O) groups is 3. The molecule has 158 valence electrons. The van der Waals surface area contributed by atoms with Gasteiger partial charge in [0.25, 0.3) is 0 Å². The summed E-state index contributed by atoms with van der Waals surface area (Å²) < 4.78 is 0. The Hall–Kier alpha value is -3.73. The van der Waals surface area contributed by atoms with Gasteiger partial charge < -0.3 is 5.32 Å². The maximum absolute atomic E-state index is 13.5. The van der Waals surface area contributed by atoms with Crippen molar-refractivity contribution in [3.63, 3.8) is 0 Å². The molecule has 3 aromatic rings. The van der Waals surface area contributed by atoms with Crippen LogP contribution in [-0.4, -0.2) is 29.2 Å². The van der Waals surface area contributed by atoms with Crippen molar-refractivity contribution in [3.8, 4) is 0 Å². The molecule has 1 fully saturated rings. The minimum Gasteiger partial charge on any atom is -0.325 e. The molecule has 2 atom stereocenters. The minimum absolute atomic E-state index is 0.154. The first-order valence-corrected chi connectivity index (χ1v) is 10.9. The van der Waals surface area contributed by atoms with Crippen molar-refractivity contribution in [2.45, 2.75) is 18.8 Å². The predicted octanol–water partition coefficient (Wildman–Crippen LogP) is 3.83. The highest BCUT2D eigenvalue weighted by Crippen LogP contribution is 2.60. The molecule has 1 saturated heterocycles. The number of benzene rings is 3. The molecule has 32 heavy (non-hydrogen) atoms. The SMILES string of the molecule is Cc1cccc(NC(=O)CN2C(=O)[C@H]3C4c5ccccc5C(c5ccccc54)[C@@H]3C2=O)c1. The number of rotatable bonds is 3. The number of carbonyl (C=O) groups excluding carboxylic acids is 3. The molecule has 0 unspecified atom stereocenters. The quantitative estimate of drug-likeness (QED) is 0.653. The summed E-state index contributed by atoms with van der Waals surface area (Å²) in [4.78, 5) is 41.0. The number of anilines is 1. The molecule has 3 aromatic carbocycles. The second kappa shape index (κ2) is 6.89. The van der Waals surface area contributed by atoms with Crippen LogP contribution in [0.1, 0.15) is 39.7 Å². The molecule has 0 spiro atoms. The molecule has 0 radical (unpaired) electrons. The summed E-state index contributed by atoms with van der Waals surface area (Å²) in [6, 6.07) is 23.7. The summed E-state index contributed by atoms with van der Waals surface area (Å²) in [6.45, 7) is 1.68. The van der Waals surface area contributed by atoms with E-state index in [-0.39, 0.29) is 36.1 Å². The highest BCUT2D eigenvalue weighted by atomic mass is 16.2. The zero-order chi connectivity index (χ0) is 22.0. The monoisotopic (exact) mass is 422 g/mol. The number of nitrogens with zero attached hydrogens (tertiary/aromatic N) is 1. The van der Waals surface area contributed by atoms with Crippen molar-refractivity contribution >= 4 is 23.4 Å². The maximum Gasteiger partial charge on any atom is 0.244 e. The molecule has 3 amide bonds. The third kappa shape index (κ3) is 2.60. The van der Waals surface area contributed by atoms with Crippen molar-refractivity contribution in [1.82, 2.24) is 4.90 Å². The lowest BCUT2D eigenvalue weighted by Gasteiger charge is -2.45. The van der Waals surface area contributed by atoms with Gasteiger partial charge in [0.15, 0.2) is 0 Å². The molecular formula is C27H22N2O3. The molecule has 0 saturated carbocycles. The number of aryl methyl sites for hydroxylation is 1. The fourth-order valence-electron chi connectivity index (χ4n) is 5.96. The van der Waals surface area contributed by atoms with Crippen molar-refractivity contribution in [2.75, 3.05) is 11.9 Å². The third-order valence-electron chi connectivity index (χ3n) is 7.14. The van der Waals surface area contributed by atoms with E-state index >= 15 is 0 Å². The van der Waals surface area contributed by atoms with Crippen molar-refractivity contribution in [1.29, 1.82) is 0 Å². The fraction of sp³-hybridized carbons (Fsp3) is 0.222. The van der Waals surface area contributed by atoms with Crippen LogP contribution in [0, 0.1) is 18.8 Å². The standard InChI is InChI=1S/C27H22N2O3/c1-15-7-6-8-16(13-15)28-21(30)14-29-26(31)24-22-17-9-2-3-10-18(17)23(25(24)27(29)32)20-12-5-4-11-19(20)22/h2-13,22-25H,14H2,1H3,(H,28,30)/t22?,23?,24-,25-/m0/s1. The molecule has 4 aliphatic rings. The van der Waals surface area contributed by atoms with E-state index in [0.717, 1.165) is 27.8 Å². The second-order valence-corrected chi connectivity index (χ2v) is 8.95. The molecule has 0 aromatic heterocycles. The van der Waals surface area contributed by atoms with E-state index in [1.165, 1.54) is 4.90 Å². The zero-order valence-electron chi connectivity index (χ0n) is 17.6. The lowest BCUT2D eigenvalue weighted by Crippen LogP contribution is -2.41. The van der Waals surface area contributed by atoms with E-state index in [9.17, 15) is 14.4 Å².